The molecule has 2 fully saturated rings. The monoisotopic (exact) mass is 571 g/mol. The van der Waals surface area contributed by atoms with Gasteiger partial charge in [0, 0.05) is 50.4 Å². The van der Waals surface area contributed by atoms with Crippen molar-refractivity contribution in [3.05, 3.63) is 76.6 Å². The third kappa shape index (κ3) is 6.32. The van der Waals surface area contributed by atoms with Crippen LogP contribution in [0.15, 0.2) is 48.7 Å². The van der Waals surface area contributed by atoms with E-state index in [1.165, 1.54) is 22.4 Å². The van der Waals surface area contributed by atoms with E-state index in [9.17, 15) is 9.59 Å². The van der Waals surface area contributed by atoms with Gasteiger partial charge in [0.05, 0.1) is 23.1 Å². The Labute approximate surface area is 250 Å². The fraction of sp³-hybridized carbons (Fsp3) is 0.500. The minimum Gasteiger partial charge on any atom is -0.444 e. The second-order valence-corrected chi connectivity index (χ2v) is 13.0. The summed E-state index contributed by atoms with van der Waals surface area (Å²) in [4.78, 5) is 33.1. The Balaban J connectivity index is 1.40. The summed E-state index contributed by atoms with van der Waals surface area (Å²) in [5.41, 5.74) is 6.88. The minimum atomic E-state index is -0.532. The van der Waals surface area contributed by atoms with Crippen LogP contribution in [-0.2, 0) is 4.74 Å². The lowest BCUT2D eigenvalue weighted by Crippen LogP contribution is -2.54. The van der Waals surface area contributed by atoms with E-state index < -0.39 is 5.60 Å². The van der Waals surface area contributed by atoms with E-state index in [1.54, 1.807) is 11.1 Å². The van der Waals surface area contributed by atoms with E-state index in [-0.39, 0.29) is 24.0 Å². The average Bonchev–Trinajstić information content (AvgIpc) is 3.38. The molecule has 0 aliphatic carbocycles. The Morgan fingerprint density at radius 1 is 0.881 bits per heavy atom. The summed E-state index contributed by atoms with van der Waals surface area (Å²) in [5, 5.41) is 4.80. The van der Waals surface area contributed by atoms with Crippen LogP contribution in [0.5, 0.6) is 0 Å². The quantitative estimate of drug-likeness (QED) is 0.370. The predicted molar refractivity (Wildman–Crippen MR) is 167 cm³/mol. The minimum absolute atomic E-state index is 0.0328. The second-order valence-electron chi connectivity index (χ2n) is 13.0. The number of rotatable bonds is 4. The maximum absolute atomic E-state index is 14.2. The molecular formula is C34H45N5O3. The molecule has 1 atom stereocenters. The van der Waals surface area contributed by atoms with Crippen LogP contribution in [0.25, 0.3) is 5.69 Å². The molecule has 0 radical (unpaired) electrons. The first kappa shape index (κ1) is 29.7. The first-order chi connectivity index (χ1) is 19.9. The van der Waals surface area contributed by atoms with E-state index in [0.29, 0.717) is 31.7 Å². The number of aryl methyl sites for hydroxylation is 3. The third-order valence-corrected chi connectivity index (χ3v) is 8.55. The number of likely N-dealkylation sites (tertiary alicyclic amines) is 1. The first-order valence-corrected chi connectivity index (χ1v) is 15.2. The zero-order valence-electron chi connectivity index (χ0n) is 26.2. The average molecular weight is 572 g/mol. The van der Waals surface area contributed by atoms with Crippen LogP contribution < -0.4 is 4.90 Å². The van der Waals surface area contributed by atoms with Gasteiger partial charge in [-0.15, -0.1) is 0 Å². The highest BCUT2D eigenvalue weighted by Gasteiger charge is 2.35. The number of benzene rings is 2. The van der Waals surface area contributed by atoms with E-state index in [4.69, 9.17) is 9.84 Å². The second kappa shape index (κ2) is 11.8. The number of hydrogen-bond donors (Lipinski definition) is 0. The molecule has 8 heteroatoms. The molecule has 0 unspecified atom stereocenters. The van der Waals surface area contributed by atoms with E-state index >= 15 is 0 Å². The first-order valence-electron chi connectivity index (χ1n) is 15.2. The fourth-order valence-corrected chi connectivity index (χ4v) is 6.14. The van der Waals surface area contributed by atoms with Gasteiger partial charge in [-0.1, -0.05) is 18.2 Å². The number of carbonyl (C=O) groups excluding carboxylic acids is 2. The van der Waals surface area contributed by atoms with Gasteiger partial charge < -0.3 is 19.4 Å². The molecule has 1 aromatic heterocycles. The molecule has 8 nitrogen and oxygen atoms in total. The van der Waals surface area contributed by atoms with Crippen LogP contribution in [0.1, 0.15) is 79.2 Å². The number of piperidine rings is 1. The zero-order valence-corrected chi connectivity index (χ0v) is 26.2. The summed E-state index contributed by atoms with van der Waals surface area (Å²) in [6, 6.07) is 15.1. The number of aromatic nitrogens is 2. The van der Waals surface area contributed by atoms with Crippen molar-refractivity contribution in [2.75, 3.05) is 37.6 Å². The summed E-state index contributed by atoms with van der Waals surface area (Å²) >= 11 is 0. The standard InChI is InChI=1S/C34H45N5O3/c1-23-9-8-10-28(19-23)38-18-17-37(22-26(38)4)32(40)30-21-35-39(29-12-11-24(2)25(3)20-29)31(30)27-13-15-36(16-14-27)33(41)42-34(5,6)7/h8-12,19-21,26-27H,13-18,22H2,1-7H3/t26-/m1/s1. The molecular weight excluding hydrogens is 526 g/mol. The summed E-state index contributed by atoms with van der Waals surface area (Å²) < 4.78 is 7.58. The smallest absolute Gasteiger partial charge is 0.410 e. The SMILES string of the molecule is Cc1cccc(N2CCN(C(=O)c3cnn(-c4ccc(C)c(C)c4)c3C3CCN(C(=O)OC(C)(C)C)CC3)C[C@H]2C)c1. The Hall–Kier alpha value is -3.81. The van der Waals surface area contributed by atoms with E-state index in [2.05, 4.69) is 75.1 Å². The van der Waals surface area contributed by atoms with E-state index in [1.807, 2.05) is 30.4 Å². The highest BCUT2D eigenvalue weighted by atomic mass is 16.6. The molecule has 3 heterocycles. The number of nitrogens with zero attached hydrogens (tertiary/aromatic N) is 5. The van der Waals surface area contributed by atoms with E-state index in [0.717, 1.165) is 30.8 Å². The fourth-order valence-electron chi connectivity index (χ4n) is 6.14. The lowest BCUT2D eigenvalue weighted by Gasteiger charge is -2.41. The van der Waals surface area contributed by atoms with Gasteiger partial charge in [-0.3, -0.25) is 4.79 Å². The Morgan fingerprint density at radius 3 is 2.26 bits per heavy atom. The topological polar surface area (TPSA) is 70.9 Å². The van der Waals surface area contributed by atoms with Gasteiger partial charge in [-0.2, -0.15) is 5.10 Å². The predicted octanol–water partition coefficient (Wildman–Crippen LogP) is 6.26. The molecule has 2 aromatic carbocycles. The van der Waals surface area contributed by atoms with Crippen molar-refractivity contribution in [2.24, 2.45) is 0 Å². The van der Waals surface area contributed by atoms with Crippen molar-refractivity contribution in [1.82, 2.24) is 19.6 Å². The molecule has 5 rings (SSSR count). The molecule has 2 aliphatic heterocycles. The zero-order chi connectivity index (χ0) is 30.2. The lowest BCUT2D eigenvalue weighted by atomic mass is 9.90. The molecule has 0 N–H and O–H groups in total. The number of carbonyl (C=O) groups is 2. The molecule has 42 heavy (non-hydrogen) atoms. The normalized spacial score (nSPS) is 18.4. The Bertz CT molecular complexity index is 1450. The van der Waals surface area contributed by atoms with Crippen LogP contribution in [0.4, 0.5) is 10.5 Å². The van der Waals surface area contributed by atoms with Crippen LogP contribution in [0, 0.1) is 20.8 Å². The Kier molecular flexibility index (Phi) is 8.35. The Morgan fingerprint density at radius 2 is 1.62 bits per heavy atom. The number of piperazine rings is 1. The van der Waals surface area contributed by atoms with Crippen molar-refractivity contribution >= 4 is 17.7 Å². The maximum Gasteiger partial charge on any atom is 0.410 e. The van der Waals surface area contributed by atoms with Gasteiger partial charge in [0.15, 0.2) is 0 Å². The van der Waals surface area contributed by atoms with Gasteiger partial charge in [0.25, 0.3) is 5.91 Å². The van der Waals surface area contributed by atoms with Crippen molar-refractivity contribution in [1.29, 1.82) is 0 Å². The van der Waals surface area contributed by atoms with Crippen molar-refractivity contribution in [3.8, 4) is 5.69 Å². The van der Waals surface area contributed by atoms with Crippen LogP contribution in [-0.4, -0.2) is 75.9 Å². The molecule has 0 spiro atoms. The lowest BCUT2D eigenvalue weighted by molar-refractivity contribution is 0.0203. The van der Waals surface area contributed by atoms with Crippen LogP contribution in [0.2, 0.25) is 0 Å². The number of amides is 2. The van der Waals surface area contributed by atoms with Gasteiger partial charge >= 0.3 is 6.09 Å². The highest BCUT2D eigenvalue weighted by molar-refractivity contribution is 5.95. The van der Waals surface area contributed by atoms with Crippen molar-refractivity contribution in [3.63, 3.8) is 0 Å². The van der Waals surface area contributed by atoms with Crippen molar-refractivity contribution in [2.45, 2.75) is 78.9 Å². The number of hydrogen-bond acceptors (Lipinski definition) is 5. The largest absolute Gasteiger partial charge is 0.444 e. The molecule has 224 valence electrons. The maximum atomic E-state index is 14.2. The van der Waals surface area contributed by atoms with Gasteiger partial charge in [-0.05, 0) is 102 Å². The summed E-state index contributed by atoms with van der Waals surface area (Å²) in [5.74, 6) is 0.128. The summed E-state index contributed by atoms with van der Waals surface area (Å²) in [6.45, 7) is 17.4. The highest BCUT2D eigenvalue weighted by Crippen LogP contribution is 2.34. The van der Waals surface area contributed by atoms with Gasteiger partial charge in [0.2, 0.25) is 0 Å². The van der Waals surface area contributed by atoms with Gasteiger partial charge in [-0.25, -0.2) is 9.48 Å². The molecule has 2 saturated heterocycles. The molecule has 0 saturated carbocycles. The molecule has 2 aliphatic rings. The summed E-state index contributed by atoms with van der Waals surface area (Å²) in [7, 11) is 0. The van der Waals surface area contributed by atoms with Crippen LogP contribution >= 0.6 is 0 Å². The van der Waals surface area contributed by atoms with Crippen LogP contribution in [0.3, 0.4) is 0 Å². The molecule has 0 bridgehead atoms. The van der Waals surface area contributed by atoms with Crippen molar-refractivity contribution < 1.29 is 14.3 Å². The number of anilines is 1. The van der Waals surface area contributed by atoms with Gasteiger partial charge in [0.1, 0.15) is 5.60 Å². The summed E-state index contributed by atoms with van der Waals surface area (Å²) in [6.07, 6.45) is 2.96. The molecule has 3 aromatic rings. The molecule has 2 amide bonds. The number of ether oxygens (including phenoxy) is 1. The third-order valence-electron chi connectivity index (χ3n) is 8.55.